The highest BCUT2D eigenvalue weighted by atomic mass is 16.5. The molecular weight excluding hydrogens is 154 g/mol. The van der Waals surface area contributed by atoms with Gasteiger partial charge in [-0.25, -0.2) is 0 Å². The van der Waals surface area contributed by atoms with Crippen LogP contribution in [-0.4, -0.2) is 25.7 Å². The van der Waals surface area contributed by atoms with E-state index in [1.54, 1.807) is 0 Å². The first-order chi connectivity index (χ1) is 5.75. The third-order valence-electron chi connectivity index (χ3n) is 2.37. The molecule has 1 rings (SSSR count). The van der Waals surface area contributed by atoms with Gasteiger partial charge >= 0.3 is 5.97 Å². The fraction of sp³-hybridized carbons (Fsp3) is 0.889. The molecule has 0 amide bonds. The van der Waals surface area contributed by atoms with E-state index in [1.165, 1.54) is 0 Å². The van der Waals surface area contributed by atoms with Crippen LogP contribution in [-0.2, 0) is 9.53 Å². The molecule has 0 saturated carbocycles. The van der Waals surface area contributed by atoms with Crippen LogP contribution in [0.4, 0.5) is 0 Å². The molecule has 0 aliphatic carbocycles. The van der Waals surface area contributed by atoms with E-state index in [2.05, 4.69) is 12.2 Å². The molecule has 0 bridgehead atoms. The number of nitrogens with one attached hydrogen (secondary N) is 1. The van der Waals surface area contributed by atoms with Gasteiger partial charge < -0.3 is 10.1 Å². The molecule has 1 aliphatic heterocycles. The summed E-state index contributed by atoms with van der Waals surface area (Å²) in [7, 11) is 0. The Morgan fingerprint density at radius 2 is 2.42 bits per heavy atom. The molecule has 0 aromatic rings. The summed E-state index contributed by atoms with van der Waals surface area (Å²) < 4.78 is 4.99. The quantitative estimate of drug-likeness (QED) is 0.624. The first kappa shape index (κ1) is 9.52. The second-order valence-electron chi connectivity index (χ2n) is 3.33. The maximum absolute atomic E-state index is 11.4. The third kappa shape index (κ3) is 2.21. The Bertz CT molecular complexity index is 159. The van der Waals surface area contributed by atoms with Crippen molar-refractivity contribution in [3.8, 4) is 0 Å². The summed E-state index contributed by atoms with van der Waals surface area (Å²) in [6.07, 6.45) is 0.917. The summed E-state index contributed by atoms with van der Waals surface area (Å²) in [4.78, 5) is 11.4. The monoisotopic (exact) mass is 171 g/mol. The van der Waals surface area contributed by atoms with Gasteiger partial charge in [-0.05, 0) is 32.4 Å². The molecule has 0 radical (unpaired) electrons. The van der Waals surface area contributed by atoms with Gasteiger partial charge in [-0.15, -0.1) is 0 Å². The second kappa shape index (κ2) is 4.45. The van der Waals surface area contributed by atoms with Gasteiger partial charge in [0.2, 0.25) is 0 Å². The lowest BCUT2D eigenvalue weighted by Gasteiger charge is -2.27. The van der Waals surface area contributed by atoms with E-state index in [0.717, 1.165) is 19.5 Å². The number of esters is 1. The minimum absolute atomic E-state index is 0.0218. The van der Waals surface area contributed by atoms with Crippen LogP contribution in [0.2, 0.25) is 0 Å². The zero-order valence-electron chi connectivity index (χ0n) is 7.80. The van der Waals surface area contributed by atoms with Crippen molar-refractivity contribution in [2.45, 2.75) is 20.3 Å². The van der Waals surface area contributed by atoms with E-state index >= 15 is 0 Å². The highest BCUT2D eigenvalue weighted by Gasteiger charge is 2.28. The summed E-state index contributed by atoms with van der Waals surface area (Å²) in [6, 6.07) is 0. The smallest absolute Gasteiger partial charge is 0.309 e. The topological polar surface area (TPSA) is 38.3 Å². The predicted octanol–water partition coefficient (Wildman–Crippen LogP) is 0.795. The van der Waals surface area contributed by atoms with Crippen molar-refractivity contribution in [3.63, 3.8) is 0 Å². The van der Waals surface area contributed by atoms with Crippen LogP contribution in [0.1, 0.15) is 20.3 Å². The fourth-order valence-electron chi connectivity index (χ4n) is 1.61. The molecule has 1 heterocycles. The molecule has 1 fully saturated rings. The standard InChI is InChI=1S/C9H17NO2/c1-3-12-9(11)8-4-5-10-6-7(8)2/h7-8,10H,3-6H2,1-2H3/t7-,8-/m1/s1. The van der Waals surface area contributed by atoms with E-state index in [4.69, 9.17) is 4.74 Å². The third-order valence-corrected chi connectivity index (χ3v) is 2.37. The summed E-state index contributed by atoms with van der Waals surface area (Å²) in [6.45, 7) is 6.31. The maximum Gasteiger partial charge on any atom is 0.309 e. The van der Waals surface area contributed by atoms with Crippen molar-refractivity contribution < 1.29 is 9.53 Å². The van der Waals surface area contributed by atoms with Crippen LogP contribution in [0.15, 0.2) is 0 Å². The van der Waals surface area contributed by atoms with Crippen LogP contribution in [0, 0.1) is 11.8 Å². The first-order valence-electron chi connectivity index (χ1n) is 4.63. The van der Waals surface area contributed by atoms with Crippen molar-refractivity contribution >= 4 is 5.97 Å². The van der Waals surface area contributed by atoms with E-state index in [-0.39, 0.29) is 11.9 Å². The van der Waals surface area contributed by atoms with Crippen molar-refractivity contribution in [2.24, 2.45) is 11.8 Å². The summed E-state index contributed by atoms with van der Waals surface area (Å²) >= 11 is 0. The van der Waals surface area contributed by atoms with Crippen molar-refractivity contribution in [1.82, 2.24) is 5.32 Å². The first-order valence-corrected chi connectivity index (χ1v) is 4.63. The van der Waals surface area contributed by atoms with Crippen LogP contribution >= 0.6 is 0 Å². The molecule has 3 heteroatoms. The highest BCUT2D eigenvalue weighted by molar-refractivity contribution is 5.72. The normalized spacial score (nSPS) is 29.8. The number of hydrogen-bond donors (Lipinski definition) is 1. The highest BCUT2D eigenvalue weighted by Crippen LogP contribution is 2.19. The van der Waals surface area contributed by atoms with Gasteiger partial charge in [-0.2, -0.15) is 0 Å². The van der Waals surface area contributed by atoms with Crippen molar-refractivity contribution in [2.75, 3.05) is 19.7 Å². The molecule has 0 aromatic carbocycles. The molecule has 1 saturated heterocycles. The Balaban J connectivity index is 2.42. The molecule has 70 valence electrons. The lowest BCUT2D eigenvalue weighted by Crippen LogP contribution is -2.39. The maximum atomic E-state index is 11.4. The van der Waals surface area contributed by atoms with Crippen LogP contribution in [0.25, 0.3) is 0 Å². The number of hydrogen-bond acceptors (Lipinski definition) is 3. The van der Waals surface area contributed by atoms with Gasteiger partial charge in [0.25, 0.3) is 0 Å². The number of carbonyl (C=O) groups is 1. The Hall–Kier alpha value is -0.570. The van der Waals surface area contributed by atoms with Crippen LogP contribution in [0.5, 0.6) is 0 Å². The Kier molecular flexibility index (Phi) is 3.53. The lowest BCUT2D eigenvalue weighted by molar-refractivity contribution is -0.150. The minimum Gasteiger partial charge on any atom is -0.466 e. The number of piperidine rings is 1. The molecular formula is C9H17NO2. The SMILES string of the molecule is CCOC(=O)[C@@H]1CCNC[C@H]1C. The Labute approximate surface area is 73.5 Å². The second-order valence-corrected chi connectivity index (χ2v) is 3.33. The molecule has 1 aliphatic rings. The van der Waals surface area contributed by atoms with Crippen LogP contribution < -0.4 is 5.32 Å². The largest absolute Gasteiger partial charge is 0.466 e. The van der Waals surface area contributed by atoms with Gasteiger partial charge in [-0.3, -0.25) is 4.79 Å². The minimum atomic E-state index is -0.0218. The fourth-order valence-corrected chi connectivity index (χ4v) is 1.61. The van der Waals surface area contributed by atoms with E-state index in [1.807, 2.05) is 6.92 Å². The van der Waals surface area contributed by atoms with E-state index in [0.29, 0.717) is 12.5 Å². The van der Waals surface area contributed by atoms with Gasteiger partial charge in [0.15, 0.2) is 0 Å². The average molecular weight is 171 g/mol. The average Bonchev–Trinajstić information content (AvgIpc) is 2.05. The zero-order valence-corrected chi connectivity index (χ0v) is 7.80. The number of rotatable bonds is 2. The van der Waals surface area contributed by atoms with Crippen molar-refractivity contribution in [1.29, 1.82) is 0 Å². The summed E-state index contributed by atoms with van der Waals surface area (Å²) in [5.74, 6) is 0.510. The summed E-state index contributed by atoms with van der Waals surface area (Å²) in [5.41, 5.74) is 0. The predicted molar refractivity (Wildman–Crippen MR) is 46.8 cm³/mol. The van der Waals surface area contributed by atoms with Gasteiger partial charge in [-0.1, -0.05) is 6.92 Å². The van der Waals surface area contributed by atoms with Crippen molar-refractivity contribution in [3.05, 3.63) is 0 Å². The van der Waals surface area contributed by atoms with Crippen LogP contribution in [0.3, 0.4) is 0 Å². The number of carbonyl (C=O) groups excluding carboxylic acids is 1. The zero-order chi connectivity index (χ0) is 8.97. The molecule has 0 spiro atoms. The lowest BCUT2D eigenvalue weighted by atomic mass is 9.88. The van der Waals surface area contributed by atoms with E-state index in [9.17, 15) is 4.79 Å². The van der Waals surface area contributed by atoms with Gasteiger partial charge in [0.05, 0.1) is 12.5 Å². The Morgan fingerprint density at radius 1 is 1.67 bits per heavy atom. The molecule has 12 heavy (non-hydrogen) atoms. The Morgan fingerprint density at radius 3 is 3.00 bits per heavy atom. The summed E-state index contributed by atoms with van der Waals surface area (Å²) in [5, 5.41) is 3.25. The molecule has 1 N–H and O–H groups in total. The van der Waals surface area contributed by atoms with E-state index < -0.39 is 0 Å². The molecule has 2 atom stereocenters. The van der Waals surface area contributed by atoms with Gasteiger partial charge in [0, 0.05) is 0 Å². The molecule has 0 aromatic heterocycles. The molecule has 0 unspecified atom stereocenters. The van der Waals surface area contributed by atoms with Gasteiger partial charge in [0.1, 0.15) is 0 Å². The number of ether oxygens (including phenoxy) is 1. The molecule has 3 nitrogen and oxygen atoms in total.